The average molecular weight is 631 g/mol. The number of hydrogen-bond acceptors (Lipinski definition) is 4. The Morgan fingerprint density at radius 2 is 1.00 bits per heavy atom. The van der Waals surface area contributed by atoms with Crippen LogP contribution in [0.4, 0.5) is 0 Å². The maximum atomic E-state index is 12.2. The van der Waals surface area contributed by atoms with Crippen molar-refractivity contribution in [1.29, 1.82) is 0 Å². The number of hydrogen-bond donors (Lipinski definition) is 1. The molecule has 0 aliphatic carbocycles. The number of rotatable bonds is 35. The predicted octanol–water partition coefficient (Wildman–Crippen LogP) is 12.3. The highest BCUT2D eigenvalue weighted by atomic mass is 16.6. The van der Waals surface area contributed by atoms with Crippen LogP contribution in [0.5, 0.6) is 0 Å². The summed E-state index contributed by atoms with van der Waals surface area (Å²) in [5, 5.41) is 9.57. The van der Waals surface area contributed by atoms with E-state index in [0.717, 1.165) is 57.8 Å². The maximum absolute atomic E-state index is 12.2. The Kier molecular flexibility index (Phi) is 37.1. The summed E-state index contributed by atoms with van der Waals surface area (Å²) in [6, 6.07) is 0. The van der Waals surface area contributed by atoms with Crippen LogP contribution in [0.3, 0.4) is 0 Å². The van der Waals surface area contributed by atoms with Crippen molar-refractivity contribution >= 4 is 5.97 Å². The highest BCUT2D eigenvalue weighted by molar-refractivity contribution is 5.69. The van der Waals surface area contributed by atoms with Gasteiger partial charge in [0, 0.05) is 13.0 Å². The molecule has 0 bridgehead atoms. The summed E-state index contributed by atoms with van der Waals surface area (Å²) in [5.74, 6) is -0.214. The van der Waals surface area contributed by atoms with Crippen molar-refractivity contribution in [2.45, 2.75) is 187 Å². The highest BCUT2D eigenvalue weighted by Gasteiger charge is 2.13. The standard InChI is InChI=1S/C41H74O4/c1-3-5-7-9-11-13-15-17-19-20-21-22-23-24-26-28-30-32-34-36-41(43)45-40(38-42)39-44-37-35-33-31-29-27-25-18-16-14-12-10-8-6-4-2/h5,7,11,13,17,19,21-22,40,42H,3-4,6,8-10,12,14-16,18,20,23-39H2,1-2H3/b7-5-,13-11-,19-17-,22-21-. The van der Waals surface area contributed by atoms with Crippen LogP contribution in [0.15, 0.2) is 48.6 Å². The molecular formula is C41H74O4. The lowest BCUT2D eigenvalue weighted by atomic mass is 10.0. The van der Waals surface area contributed by atoms with Gasteiger partial charge in [-0.3, -0.25) is 4.79 Å². The van der Waals surface area contributed by atoms with Crippen molar-refractivity contribution in [1.82, 2.24) is 0 Å². The van der Waals surface area contributed by atoms with Gasteiger partial charge in [-0.05, 0) is 51.4 Å². The minimum atomic E-state index is -0.539. The number of carbonyl (C=O) groups is 1. The number of ether oxygens (including phenoxy) is 2. The molecule has 0 aromatic carbocycles. The fourth-order valence-corrected chi connectivity index (χ4v) is 5.32. The van der Waals surface area contributed by atoms with E-state index in [4.69, 9.17) is 9.47 Å². The van der Waals surface area contributed by atoms with E-state index in [1.165, 1.54) is 103 Å². The van der Waals surface area contributed by atoms with Crippen LogP contribution in [-0.2, 0) is 14.3 Å². The molecule has 0 aromatic rings. The highest BCUT2D eigenvalue weighted by Crippen LogP contribution is 2.13. The van der Waals surface area contributed by atoms with Crippen LogP contribution in [0, 0.1) is 0 Å². The Labute approximate surface area is 280 Å². The summed E-state index contributed by atoms with van der Waals surface area (Å²) >= 11 is 0. The van der Waals surface area contributed by atoms with Crippen LogP contribution < -0.4 is 0 Å². The molecule has 4 heteroatoms. The van der Waals surface area contributed by atoms with Gasteiger partial charge in [-0.15, -0.1) is 0 Å². The molecule has 0 radical (unpaired) electrons. The fraction of sp³-hybridized carbons (Fsp3) is 0.780. The minimum Gasteiger partial charge on any atom is -0.457 e. The quantitative estimate of drug-likeness (QED) is 0.0430. The second-order valence-corrected chi connectivity index (χ2v) is 12.6. The van der Waals surface area contributed by atoms with Crippen LogP contribution in [-0.4, -0.2) is 37.0 Å². The van der Waals surface area contributed by atoms with Crippen molar-refractivity contribution in [3.05, 3.63) is 48.6 Å². The van der Waals surface area contributed by atoms with E-state index in [2.05, 4.69) is 62.5 Å². The summed E-state index contributed by atoms with van der Waals surface area (Å²) < 4.78 is 11.1. The molecule has 1 atom stereocenters. The normalized spacial score (nSPS) is 12.9. The molecule has 0 aliphatic rings. The molecule has 0 aromatic heterocycles. The minimum absolute atomic E-state index is 0.177. The summed E-state index contributed by atoms with van der Waals surface area (Å²) in [6.45, 7) is 5.23. The molecule has 0 spiro atoms. The molecule has 0 aliphatic heterocycles. The second kappa shape index (κ2) is 38.5. The lowest BCUT2D eigenvalue weighted by Crippen LogP contribution is -2.27. The summed E-state index contributed by atoms with van der Waals surface area (Å²) in [4.78, 5) is 12.2. The Morgan fingerprint density at radius 3 is 1.51 bits per heavy atom. The van der Waals surface area contributed by atoms with Gasteiger partial charge < -0.3 is 14.6 Å². The summed E-state index contributed by atoms with van der Waals surface area (Å²) in [7, 11) is 0. The third-order valence-corrected chi connectivity index (χ3v) is 8.17. The maximum Gasteiger partial charge on any atom is 0.306 e. The first-order valence-corrected chi connectivity index (χ1v) is 19.2. The fourth-order valence-electron chi connectivity index (χ4n) is 5.32. The van der Waals surface area contributed by atoms with Gasteiger partial charge in [0.1, 0.15) is 6.10 Å². The number of esters is 1. The zero-order valence-electron chi connectivity index (χ0n) is 29.9. The Morgan fingerprint density at radius 1 is 0.556 bits per heavy atom. The zero-order valence-corrected chi connectivity index (χ0v) is 29.9. The first-order valence-electron chi connectivity index (χ1n) is 19.2. The topological polar surface area (TPSA) is 55.8 Å². The van der Waals surface area contributed by atoms with Crippen molar-refractivity contribution in [2.75, 3.05) is 19.8 Å². The van der Waals surface area contributed by atoms with Crippen LogP contribution in [0.25, 0.3) is 0 Å². The van der Waals surface area contributed by atoms with Gasteiger partial charge in [-0.2, -0.15) is 0 Å². The van der Waals surface area contributed by atoms with Crippen molar-refractivity contribution in [2.24, 2.45) is 0 Å². The Hall–Kier alpha value is -1.65. The molecule has 0 rings (SSSR count). The molecule has 1 unspecified atom stereocenters. The van der Waals surface area contributed by atoms with Gasteiger partial charge in [0.25, 0.3) is 0 Å². The van der Waals surface area contributed by atoms with Gasteiger partial charge in [-0.1, -0.05) is 172 Å². The van der Waals surface area contributed by atoms with E-state index in [9.17, 15) is 9.90 Å². The Balaban J connectivity index is 3.48. The largest absolute Gasteiger partial charge is 0.457 e. The lowest BCUT2D eigenvalue weighted by Gasteiger charge is -2.16. The lowest BCUT2D eigenvalue weighted by molar-refractivity contribution is -0.154. The number of allylic oxidation sites excluding steroid dienone is 8. The molecule has 0 saturated carbocycles. The summed E-state index contributed by atoms with van der Waals surface area (Å²) in [6.07, 6.45) is 48.6. The SMILES string of the molecule is CC/C=C\C/C=C\C/C=C\C/C=C\CCCCCCCCC(=O)OC(CO)COCCCCCCCCCCCCCCCC. The molecule has 0 amide bonds. The second-order valence-electron chi connectivity index (χ2n) is 12.6. The van der Waals surface area contributed by atoms with Crippen molar-refractivity contribution in [3.8, 4) is 0 Å². The van der Waals surface area contributed by atoms with Gasteiger partial charge in [-0.25, -0.2) is 0 Å². The van der Waals surface area contributed by atoms with Crippen LogP contribution in [0.2, 0.25) is 0 Å². The van der Waals surface area contributed by atoms with Crippen LogP contribution in [0.1, 0.15) is 181 Å². The zero-order chi connectivity index (χ0) is 32.7. The predicted molar refractivity (Wildman–Crippen MR) is 196 cm³/mol. The van der Waals surface area contributed by atoms with Gasteiger partial charge >= 0.3 is 5.97 Å². The molecule has 0 heterocycles. The van der Waals surface area contributed by atoms with E-state index in [-0.39, 0.29) is 12.6 Å². The van der Waals surface area contributed by atoms with E-state index >= 15 is 0 Å². The summed E-state index contributed by atoms with van der Waals surface area (Å²) in [5.41, 5.74) is 0. The molecule has 1 N–H and O–H groups in total. The van der Waals surface area contributed by atoms with Crippen LogP contribution >= 0.6 is 0 Å². The number of aliphatic hydroxyl groups is 1. The molecular weight excluding hydrogens is 556 g/mol. The first kappa shape index (κ1) is 43.4. The van der Waals surface area contributed by atoms with Gasteiger partial charge in [0.2, 0.25) is 0 Å². The van der Waals surface area contributed by atoms with Gasteiger partial charge in [0.05, 0.1) is 13.2 Å². The molecule has 0 fully saturated rings. The van der Waals surface area contributed by atoms with E-state index in [1.54, 1.807) is 0 Å². The van der Waals surface area contributed by atoms with E-state index in [1.807, 2.05) is 0 Å². The van der Waals surface area contributed by atoms with Crippen molar-refractivity contribution in [3.63, 3.8) is 0 Å². The Bertz CT molecular complexity index is 708. The number of carbonyl (C=O) groups excluding carboxylic acids is 1. The van der Waals surface area contributed by atoms with Crippen molar-refractivity contribution < 1.29 is 19.4 Å². The molecule has 4 nitrogen and oxygen atoms in total. The van der Waals surface area contributed by atoms with E-state index in [0.29, 0.717) is 19.6 Å². The number of aliphatic hydroxyl groups excluding tert-OH is 1. The average Bonchev–Trinajstić information content (AvgIpc) is 3.05. The third-order valence-electron chi connectivity index (χ3n) is 8.17. The molecule has 0 saturated heterocycles. The number of unbranched alkanes of at least 4 members (excludes halogenated alkanes) is 19. The van der Waals surface area contributed by atoms with Gasteiger partial charge in [0.15, 0.2) is 0 Å². The molecule has 262 valence electrons. The first-order chi connectivity index (χ1) is 22.2. The smallest absolute Gasteiger partial charge is 0.306 e. The third kappa shape index (κ3) is 36.7. The van der Waals surface area contributed by atoms with E-state index < -0.39 is 6.10 Å². The monoisotopic (exact) mass is 631 g/mol. The molecule has 45 heavy (non-hydrogen) atoms.